The van der Waals surface area contributed by atoms with Gasteiger partial charge in [-0.1, -0.05) is 0 Å². The Balaban J connectivity index is 1.48. The lowest BCUT2D eigenvalue weighted by Crippen LogP contribution is -2.38. The number of anilines is 2. The molecule has 0 bridgehead atoms. The lowest BCUT2D eigenvalue weighted by molar-refractivity contribution is -0.116. The Kier molecular flexibility index (Phi) is 7.75. The van der Waals surface area contributed by atoms with Crippen LogP contribution in [0.25, 0.3) is 0 Å². The van der Waals surface area contributed by atoms with Crippen molar-refractivity contribution in [2.24, 2.45) is 0 Å². The molecule has 30 heavy (non-hydrogen) atoms. The van der Waals surface area contributed by atoms with Crippen LogP contribution >= 0.6 is 0 Å². The van der Waals surface area contributed by atoms with Gasteiger partial charge in [0.25, 0.3) is 0 Å². The molecule has 1 atom stereocenters. The third-order valence-corrected chi connectivity index (χ3v) is 4.68. The summed E-state index contributed by atoms with van der Waals surface area (Å²) < 4.78 is 21.2. The standard InChI is InChI=1S/C20H27FN6O3/c1-15(13-27-7-5-22-14-27)23-20(29)24-16-2-3-17(21)18(12-16)25-19(28)4-6-26-8-10-30-11-9-26/h2-3,5,7,12,14-15H,4,6,8-11,13H2,1H3,(H,25,28)(H2,23,24,29)/t15-/m0/s1. The number of halogens is 1. The SMILES string of the molecule is C[C@@H](Cn1ccnc1)NC(=O)Nc1ccc(F)c(NC(=O)CCN2CCOCC2)c1. The molecule has 162 valence electrons. The van der Waals surface area contributed by atoms with Gasteiger partial charge in [-0.05, 0) is 25.1 Å². The third-order valence-electron chi connectivity index (χ3n) is 4.68. The number of carbonyl (C=O) groups excluding carboxylic acids is 2. The van der Waals surface area contributed by atoms with Crippen LogP contribution in [0.3, 0.4) is 0 Å². The fraction of sp³-hybridized carbons (Fsp3) is 0.450. The van der Waals surface area contributed by atoms with E-state index in [4.69, 9.17) is 4.74 Å². The first-order valence-corrected chi connectivity index (χ1v) is 9.92. The molecule has 3 N–H and O–H groups in total. The van der Waals surface area contributed by atoms with Gasteiger partial charge in [0.1, 0.15) is 5.82 Å². The number of nitrogens with one attached hydrogen (secondary N) is 3. The van der Waals surface area contributed by atoms with Crippen molar-refractivity contribution >= 4 is 23.3 Å². The molecule has 1 aromatic heterocycles. The van der Waals surface area contributed by atoms with Crippen molar-refractivity contribution in [2.75, 3.05) is 43.5 Å². The van der Waals surface area contributed by atoms with Crippen LogP contribution in [0.1, 0.15) is 13.3 Å². The van der Waals surface area contributed by atoms with E-state index in [0.717, 1.165) is 13.1 Å². The number of aromatic nitrogens is 2. The molecule has 1 aromatic carbocycles. The Bertz CT molecular complexity index is 839. The maximum absolute atomic E-state index is 14.1. The fourth-order valence-corrected chi connectivity index (χ4v) is 3.14. The van der Waals surface area contributed by atoms with Gasteiger partial charge in [-0.25, -0.2) is 14.2 Å². The first-order valence-electron chi connectivity index (χ1n) is 9.92. The molecular weight excluding hydrogens is 391 g/mol. The van der Waals surface area contributed by atoms with E-state index in [1.54, 1.807) is 12.5 Å². The van der Waals surface area contributed by atoms with E-state index < -0.39 is 11.8 Å². The molecule has 0 radical (unpaired) electrons. The Morgan fingerprint density at radius 2 is 2.07 bits per heavy atom. The summed E-state index contributed by atoms with van der Waals surface area (Å²) in [5.74, 6) is -0.842. The van der Waals surface area contributed by atoms with Gasteiger partial charge >= 0.3 is 6.03 Å². The fourth-order valence-electron chi connectivity index (χ4n) is 3.14. The van der Waals surface area contributed by atoms with E-state index in [1.807, 2.05) is 17.7 Å². The molecule has 2 heterocycles. The molecule has 0 saturated carbocycles. The largest absolute Gasteiger partial charge is 0.379 e. The second-order valence-electron chi connectivity index (χ2n) is 7.21. The first-order chi connectivity index (χ1) is 14.5. The summed E-state index contributed by atoms with van der Waals surface area (Å²) in [7, 11) is 0. The number of hydrogen-bond acceptors (Lipinski definition) is 5. The molecule has 0 aliphatic carbocycles. The van der Waals surface area contributed by atoms with Gasteiger partial charge in [0.2, 0.25) is 5.91 Å². The molecule has 3 rings (SSSR count). The van der Waals surface area contributed by atoms with Crippen LogP contribution in [-0.2, 0) is 16.1 Å². The van der Waals surface area contributed by atoms with Crippen LogP contribution in [0.15, 0.2) is 36.9 Å². The predicted molar refractivity (Wildman–Crippen MR) is 111 cm³/mol. The molecule has 2 aromatic rings. The molecule has 1 fully saturated rings. The lowest BCUT2D eigenvalue weighted by Gasteiger charge is -2.26. The number of ether oxygens (including phenoxy) is 1. The van der Waals surface area contributed by atoms with E-state index in [1.165, 1.54) is 18.2 Å². The summed E-state index contributed by atoms with van der Waals surface area (Å²) in [5, 5.41) is 8.04. The summed E-state index contributed by atoms with van der Waals surface area (Å²) in [6.07, 6.45) is 5.40. The summed E-state index contributed by atoms with van der Waals surface area (Å²) in [5.41, 5.74) is 0.415. The molecule has 3 amide bonds. The first kappa shape index (κ1) is 21.7. The second-order valence-corrected chi connectivity index (χ2v) is 7.21. The monoisotopic (exact) mass is 418 g/mol. The zero-order valence-electron chi connectivity index (χ0n) is 16.9. The maximum atomic E-state index is 14.1. The number of nitrogens with zero attached hydrogens (tertiary/aromatic N) is 3. The van der Waals surface area contributed by atoms with Crippen molar-refractivity contribution in [1.29, 1.82) is 0 Å². The van der Waals surface area contributed by atoms with Crippen molar-refractivity contribution in [1.82, 2.24) is 19.8 Å². The minimum absolute atomic E-state index is 0.0336. The molecule has 9 nitrogen and oxygen atoms in total. The Morgan fingerprint density at radius 3 is 2.80 bits per heavy atom. The van der Waals surface area contributed by atoms with Crippen LogP contribution in [0.2, 0.25) is 0 Å². The van der Waals surface area contributed by atoms with Crippen LogP contribution in [-0.4, -0.2) is 65.3 Å². The van der Waals surface area contributed by atoms with Crippen molar-refractivity contribution < 1.29 is 18.7 Å². The number of benzene rings is 1. The zero-order chi connectivity index (χ0) is 21.3. The van der Waals surface area contributed by atoms with E-state index in [2.05, 4.69) is 25.8 Å². The highest BCUT2D eigenvalue weighted by Crippen LogP contribution is 2.20. The topological polar surface area (TPSA) is 101 Å². The van der Waals surface area contributed by atoms with Crippen LogP contribution in [0.4, 0.5) is 20.6 Å². The lowest BCUT2D eigenvalue weighted by atomic mass is 10.2. The maximum Gasteiger partial charge on any atom is 0.319 e. The molecular formula is C20H27FN6O3. The van der Waals surface area contributed by atoms with Gasteiger partial charge < -0.3 is 25.3 Å². The number of carbonyl (C=O) groups is 2. The number of imidazole rings is 1. The summed E-state index contributed by atoms with van der Waals surface area (Å²) in [4.78, 5) is 30.5. The smallest absolute Gasteiger partial charge is 0.319 e. The Labute approximate surface area is 174 Å². The van der Waals surface area contributed by atoms with Crippen LogP contribution in [0, 0.1) is 5.82 Å². The minimum Gasteiger partial charge on any atom is -0.379 e. The summed E-state index contributed by atoms with van der Waals surface area (Å²) >= 11 is 0. The third kappa shape index (κ3) is 6.82. The van der Waals surface area contributed by atoms with Gasteiger partial charge in [0.15, 0.2) is 0 Å². The average molecular weight is 418 g/mol. The van der Waals surface area contributed by atoms with Gasteiger partial charge in [-0.15, -0.1) is 0 Å². The van der Waals surface area contributed by atoms with Crippen molar-refractivity contribution in [3.05, 3.63) is 42.7 Å². The van der Waals surface area contributed by atoms with E-state index in [0.29, 0.717) is 32.0 Å². The highest BCUT2D eigenvalue weighted by molar-refractivity contribution is 5.93. The quantitative estimate of drug-likeness (QED) is 0.608. The van der Waals surface area contributed by atoms with E-state index >= 15 is 0 Å². The molecule has 1 saturated heterocycles. The van der Waals surface area contributed by atoms with E-state index in [9.17, 15) is 14.0 Å². The zero-order valence-corrected chi connectivity index (χ0v) is 16.9. The summed E-state index contributed by atoms with van der Waals surface area (Å²) in [6, 6.07) is 3.50. The highest BCUT2D eigenvalue weighted by atomic mass is 19.1. The number of hydrogen-bond donors (Lipinski definition) is 3. The number of morpholine rings is 1. The van der Waals surface area contributed by atoms with Crippen molar-refractivity contribution in [3.63, 3.8) is 0 Å². The van der Waals surface area contributed by atoms with Crippen LogP contribution in [0.5, 0.6) is 0 Å². The Hall–Kier alpha value is -2.98. The van der Waals surface area contributed by atoms with Gasteiger partial charge in [0, 0.05) is 56.7 Å². The van der Waals surface area contributed by atoms with Crippen molar-refractivity contribution in [3.8, 4) is 0 Å². The van der Waals surface area contributed by atoms with Crippen LogP contribution < -0.4 is 16.0 Å². The Morgan fingerprint density at radius 1 is 1.27 bits per heavy atom. The van der Waals surface area contributed by atoms with Gasteiger partial charge in [0.05, 0.1) is 25.2 Å². The second kappa shape index (κ2) is 10.7. The van der Waals surface area contributed by atoms with E-state index in [-0.39, 0.29) is 24.1 Å². The normalized spacial score (nSPS) is 15.4. The average Bonchev–Trinajstić information content (AvgIpc) is 3.22. The minimum atomic E-state index is -0.561. The summed E-state index contributed by atoms with van der Waals surface area (Å²) in [6.45, 7) is 5.92. The molecule has 0 unspecified atom stereocenters. The van der Waals surface area contributed by atoms with Crippen molar-refractivity contribution in [2.45, 2.75) is 25.9 Å². The number of urea groups is 1. The molecule has 1 aliphatic heterocycles. The number of rotatable bonds is 8. The highest BCUT2D eigenvalue weighted by Gasteiger charge is 2.14. The van der Waals surface area contributed by atoms with Gasteiger partial charge in [-0.3, -0.25) is 9.69 Å². The molecule has 10 heteroatoms. The molecule has 0 spiro atoms. The molecule has 1 aliphatic rings. The van der Waals surface area contributed by atoms with Gasteiger partial charge in [-0.2, -0.15) is 0 Å². The number of amides is 3. The predicted octanol–water partition coefficient (Wildman–Crippen LogP) is 1.89.